The number of phenolic OH excluding ortho intramolecular Hbond substituents is 1. The molecule has 42 heavy (non-hydrogen) atoms. The lowest BCUT2D eigenvalue weighted by Crippen LogP contribution is -2.26. The molecule has 0 aromatic heterocycles. The normalized spacial score (nSPS) is 14.3. The summed E-state index contributed by atoms with van der Waals surface area (Å²) >= 11 is 3.69. The van der Waals surface area contributed by atoms with Gasteiger partial charge in [-0.05, 0) is 66.7 Å². The molecule has 0 saturated heterocycles. The van der Waals surface area contributed by atoms with Gasteiger partial charge in [0.1, 0.15) is 24.2 Å². The predicted octanol–water partition coefficient (Wildman–Crippen LogP) is 9.98. The number of aromatic hydroxyl groups is 1. The van der Waals surface area contributed by atoms with Crippen LogP contribution in [-0.2, 0) is 26.4 Å². The molecule has 1 unspecified atom stereocenters. The molecule has 0 bridgehead atoms. The zero-order valence-corrected chi connectivity index (χ0v) is 30.7. The Hall–Kier alpha value is -1.34. The lowest BCUT2D eigenvalue weighted by molar-refractivity contribution is 0.0157. The molecule has 2 aromatic rings. The number of benzene rings is 2. The van der Waals surface area contributed by atoms with Gasteiger partial charge in [-0.2, -0.15) is 0 Å². The van der Waals surface area contributed by atoms with E-state index in [0.717, 1.165) is 32.9 Å². The summed E-state index contributed by atoms with van der Waals surface area (Å²) in [5.74, 6) is 1.28. The quantitative estimate of drug-likeness (QED) is 0.204. The molecule has 1 atom stereocenters. The highest BCUT2D eigenvalue weighted by Gasteiger charge is 2.32. The summed E-state index contributed by atoms with van der Waals surface area (Å²) in [6.07, 6.45) is -0.684. The van der Waals surface area contributed by atoms with E-state index in [1.807, 2.05) is 30.4 Å². The van der Waals surface area contributed by atoms with E-state index in [4.69, 9.17) is 9.47 Å². The molecule has 6 heteroatoms. The molecule has 238 valence electrons. The van der Waals surface area contributed by atoms with Gasteiger partial charge < -0.3 is 19.7 Å². The van der Waals surface area contributed by atoms with Crippen molar-refractivity contribution in [1.29, 1.82) is 0 Å². The molecule has 2 N–H and O–H groups in total. The van der Waals surface area contributed by atoms with E-state index in [1.54, 1.807) is 0 Å². The molecular formula is C36H58O4S2. The summed E-state index contributed by atoms with van der Waals surface area (Å²) < 4.78 is 11.6. The molecule has 0 saturated carbocycles. The van der Waals surface area contributed by atoms with Gasteiger partial charge in [-0.3, -0.25) is 0 Å². The Morgan fingerprint density at radius 2 is 0.976 bits per heavy atom. The Morgan fingerprint density at radius 1 is 0.619 bits per heavy atom. The highest BCUT2D eigenvalue weighted by atomic mass is 32.2. The SMILES string of the molecule is CCOCC(O)COc1c(C(C)(C)C)cc(SC(C)(C)Sc2cc(C(C)(C)C)c(O)c(C(C)(C)C)c2)cc1C(C)(C)C. The monoisotopic (exact) mass is 618 g/mol. The van der Waals surface area contributed by atoms with Crippen molar-refractivity contribution in [2.75, 3.05) is 19.8 Å². The van der Waals surface area contributed by atoms with Crippen LogP contribution in [0, 0.1) is 0 Å². The zero-order chi connectivity index (χ0) is 32.5. The van der Waals surface area contributed by atoms with Crippen molar-refractivity contribution in [1.82, 2.24) is 0 Å². The Balaban J connectivity index is 2.57. The van der Waals surface area contributed by atoms with Gasteiger partial charge in [0.2, 0.25) is 0 Å². The Labute approximate surface area is 265 Å². The van der Waals surface area contributed by atoms with Crippen molar-refractivity contribution in [2.45, 2.75) is 145 Å². The summed E-state index contributed by atoms with van der Waals surface area (Å²) in [6, 6.07) is 8.88. The number of aliphatic hydroxyl groups is 1. The lowest BCUT2D eigenvalue weighted by Gasteiger charge is -2.33. The summed E-state index contributed by atoms with van der Waals surface area (Å²) in [6.45, 7) is 33.7. The summed E-state index contributed by atoms with van der Waals surface area (Å²) in [5, 5.41) is 21.7. The average Bonchev–Trinajstić information content (AvgIpc) is 2.79. The van der Waals surface area contributed by atoms with Crippen molar-refractivity contribution in [3.63, 3.8) is 0 Å². The maximum absolute atomic E-state index is 11.2. The average molecular weight is 619 g/mol. The topological polar surface area (TPSA) is 58.9 Å². The van der Waals surface area contributed by atoms with Crippen LogP contribution in [0.2, 0.25) is 0 Å². The largest absolute Gasteiger partial charge is 0.507 e. The Bertz CT molecular complexity index is 1130. The minimum Gasteiger partial charge on any atom is -0.507 e. The molecule has 0 heterocycles. The second kappa shape index (κ2) is 13.3. The third-order valence-electron chi connectivity index (χ3n) is 7.04. The van der Waals surface area contributed by atoms with Crippen molar-refractivity contribution >= 4 is 23.5 Å². The first-order valence-corrected chi connectivity index (χ1v) is 16.8. The van der Waals surface area contributed by atoms with Crippen molar-refractivity contribution < 1.29 is 19.7 Å². The maximum Gasteiger partial charge on any atom is 0.126 e. The second-order valence-electron chi connectivity index (χ2n) is 15.9. The molecule has 0 spiro atoms. The molecule has 0 aliphatic rings. The van der Waals surface area contributed by atoms with Gasteiger partial charge in [-0.1, -0.05) is 83.1 Å². The molecule has 0 radical (unpaired) electrons. The smallest absolute Gasteiger partial charge is 0.126 e. The number of thioether (sulfide) groups is 2. The number of hydrogen-bond acceptors (Lipinski definition) is 6. The second-order valence-corrected chi connectivity index (χ2v) is 19.6. The Kier molecular flexibility index (Phi) is 11.7. The van der Waals surface area contributed by atoms with E-state index in [1.165, 1.54) is 4.90 Å². The van der Waals surface area contributed by atoms with E-state index in [2.05, 4.69) is 121 Å². The number of rotatable bonds is 10. The van der Waals surface area contributed by atoms with Crippen LogP contribution >= 0.6 is 23.5 Å². The molecule has 0 fully saturated rings. The van der Waals surface area contributed by atoms with Crippen LogP contribution in [0.4, 0.5) is 0 Å². The van der Waals surface area contributed by atoms with Crippen LogP contribution < -0.4 is 4.74 Å². The minimum atomic E-state index is -0.684. The first kappa shape index (κ1) is 36.8. The number of aliphatic hydroxyl groups excluding tert-OH is 1. The number of hydrogen-bond donors (Lipinski definition) is 2. The molecule has 4 nitrogen and oxygen atoms in total. The molecule has 2 aromatic carbocycles. The van der Waals surface area contributed by atoms with E-state index < -0.39 is 6.10 Å². The third kappa shape index (κ3) is 10.1. The van der Waals surface area contributed by atoms with Gasteiger partial charge in [-0.15, -0.1) is 23.5 Å². The van der Waals surface area contributed by atoms with Crippen LogP contribution in [-0.4, -0.2) is 40.2 Å². The first-order valence-electron chi connectivity index (χ1n) is 15.2. The van der Waals surface area contributed by atoms with Gasteiger partial charge in [-0.25, -0.2) is 0 Å². The third-order valence-corrected chi connectivity index (χ3v) is 9.47. The minimum absolute atomic E-state index is 0.158. The van der Waals surface area contributed by atoms with Crippen molar-refractivity contribution in [3.8, 4) is 11.5 Å². The number of phenols is 1. The van der Waals surface area contributed by atoms with Crippen LogP contribution in [0.3, 0.4) is 0 Å². The van der Waals surface area contributed by atoms with Gasteiger partial charge in [0.25, 0.3) is 0 Å². The van der Waals surface area contributed by atoms with E-state index in [9.17, 15) is 10.2 Å². The van der Waals surface area contributed by atoms with Gasteiger partial charge in [0.15, 0.2) is 0 Å². The summed E-state index contributed by atoms with van der Waals surface area (Å²) in [7, 11) is 0. The zero-order valence-electron chi connectivity index (χ0n) is 29.0. The highest BCUT2D eigenvalue weighted by Crippen LogP contribution is 2.51. The van der Waals surface area contributed by atoms with Crippen LogP contribution in [0.15, 0.2) is 34.1 Å². The summed E-state index contributed by atoms with van der Waals surface area (Å²) in [4.78, 5) is 2.35. The molecule has 0 amide bonds. The standard InChI is InChI=1S/C36H58O4S2/c1-16-39-21-23(37)22-40-31-28(34(8,9)10)19-25(20-29(31)35(11,12)13)42-36(14,15)41-24-17-26(32(2,3)4)30(38)27(18-24)33(5,6)7/h17-20,23,37-38H,16,21-22H2,1-15H3. The maximum atomic E-state index is 11.2. The fourth-order valence-corrected chi connectivity index (χ4v) is 7.40. The predicted molar refractivity (Wildman–Crippen MR) is 183 cm³/mol. The Morgan fingerprint density at radius 3 is 1.31 bits per heavy atom. The van der Waals surface area contributed by atoms with E-state index in [0.29, 0.717) is 12.4 Å². The van der Waals surface area contributed by atoms with E-state index in [-0.39, 0.29) is 39.0 Å². The lowest BCUT2D eigenvalue weighted by atomic mass is 9.79. The fraction of sp³-hybridized carbons (Fsp3) is 0.667. The van der Waals surface area contributed by atoms with Crippen molar-refractivity contribution in [2.24, 2.45) is 0 Å². The van der Waals surface area contributed by atoms with Gasteiger partial charge in [0.05, 0.1) is 10.7 Å². The van der Waals surface area contributed by atoms with Crippen LogP contribution in [0.25, 0.3) is 0 Å². The van der Waals surface area contributed by atoms with Crippen molar-refractivity contribution in [3.05, 3.63) is 46.5 Å². The van der Waals surface area contributed by atoms with E-state index >= 15 is 0 Å². The van der Waals surface area contributed by atoms with Crippen LogP contribution in [0.1, 0.15) is 126 Å². The molecular weight excluding hydrogens is 561 g/mol. The number of ether oxygens (including phenoxy) is 2. The van der Waals surface area contributed by atoms with Crippen LogP contribution in [0.5, 0.6) is 11.5 Å². The summed E-state index contributed by atoms with van der Waals surface area (Å²) in [5.41, 5.74) is 3.57. The molecule has 0 aliphatic heterocycles. The fourth-order valence-electron chi connectivity index (χ4n) is 4.81. The molecule has 0 aliphatic carbocycles. The van der Waals surface area contributed by atoms with Gasteiger partial charge >= 0.3 is 0 Å². The molecule has 2 rings (SSSR count). The van der Waals surface area contributed by atoms with Gasteiger partial charge in [0, 0.05) is 38.7 Å². The first-order chi connectivity index (χ1) is 18.9. The highest BCUT2D eigenvalue weighted by molar-refractivity contribution is 8.18.